The Balaban J connectivity index is 1.82. The molecule has 1 atom stereocenters. The topological polar surface area (TPSA) is 0 Å². The molecule has 0 aliphatic heterocycles. The van der Waals surface area contributed by atoms with Gasteiger partial charge in [0.1, 0.15) is 0 Å². The van der Waals surface area contributed by atoms with E-state index in [-0.39, 0.29) is 0 Å². The lowest BCUT2D eigenvalue weighted by Crippen LogP contribution is -1.94. The van der Waals surface area contributed by atoms with Crippen LogP contribution in [0.3, 0.4) is 0 Å². The van der Waals surface area contributed by atoms with Crippen molar-refractivity contribution < 1.29 is 0 Å². The van der Waals surface area contributed by atoms with Crippen LogP contribution in [0.5, 0.6) is 0 Å². The summed E-state index contributed by atoms with van der Waals surface area (Å²) in [5.41, 5.74) is 1.44. The molecule has 0 bridgehead atoms. The summed E-state index contributed by atoms with van der Waals surface area (Å²) in [5, 5.41) is 2.73. The second kappa shape index (κ2) is 6.44. The van der Waals surface area contributed by atoms with Gasteiger partial charge in [0.2, 0.25) is 0 Å². The van der Waals surface area contributed by atoms with E-state index in [0.717, 1.165) is 12.3 Å². The Morgan fingerprint density at radius 1 is 0.905 bits per heavy atom. The van der Waals surface area contributed by atoms with Gasteiger partial charge in [0, 0.05) is 16.2 Å². The van der Waals surface area contributed by atoms with Gasteiger partial charge in [-0.3, -0.25) is 0 Å². The first-order valence-electron chi connectivity index (χ1n) is 7.80. The third-order valence-corrected chi connectivity index (χ3v) is 5.32. The van der Waals surface area contributed by atoms with Crippen molar-refractivity contribution in [1.82, 2.24) is 0 Å². The average molecular weight is 294 g/mol. The number of benzene rings is 2. The average Bonchev–Trinajstić information content (AvgIpc) is 2.94. The van der Waals surface area contributed by atoms with Crippen molar-refractivity contribution in [3.8, 4) is 0 Å². The predicted molar refractivity (Wildman–Crippen MR) is 94.2 cm³/mol. The van der Waals surface area contributed by atoms with Crippen molar-refractivity contribution in [1.29, 1.82) is 0 Å². The van der Waals surface area contributed by atoms with Crippen LogP contribution >= 0.6 is 11.3 Å². The van der Waals surface area contributed by atoms with E-state index in [1.165, 1.54) is 38.9 Å². The Kier molecular flexibility index (Phi) is 4.40. The Bertz CT molecular complexity index is 718. The Morgan fingerprint density at radius 3 is 2.52 bits per heavy atom. The van der Waals surface area contributed by atoms with E-state index in [4.69, 9.17) is 0 Å². The fraction of sp³-hybridized carbons (Fsp3) is 0.300. The normalized spacial score (nSPS) is 12.7. The smallest absolute Gasteiger partial charge is 0.00922 e. The summed E-state index contributed by atoms with van der Waals surface area (Å²) >= 11 is 1.98. The lowest BCUT2D eigenvalue weighted by atomic mass is 10.0. The fourth-order valence-electron chi connectivity index (χ4n) is 2.75. The van der Waals surface area contributed by atoms with Crippen molar-refractivity contribution in [3.63, 3.8) is 0 Å². The quantitative estimate of drug-likeness (QED) is 0.535. The minimum Gasteiger partial charge on any atom is -0.145 e. The molecule has 1 unspecified atom stereocenters. The number of hydrogen-bond donors (Lipinski definition) is 0. The van der Waals surface area contributed by atoms with Crippen LogP contribution < -0.4 is 0 Å². The van der Waals surface area contributed by atoms with Gasteiger partial charge in [-0.1, -0.05) is 62.7 Å². The molecular formula is C20H22S. The van der Waals surface area contributed by atoms with E-state index in [1.54, 1.807) is 0 Å². The first kappa shape index (κ1) is 14.3. The molecule has 0 aliphatic rings. The van der Waals surface area contributed by atoms with E-state index in [1.807, 2.05) is 11.3 Å². The molecule has 0 nitrogen and oxygen atoms in total. The zero-order valence-electron chi connectivity index (χ0n) is 12.8. The molecule has 3 aromatic rings. The molecule has 3 rings (SSSR count). The standard InChI is InChI=1S/C20H22S/c1-3-15(2)13-18-11-12-19(21-18)14-17-9-6-8-16-7-4-5-10-20(16)17/h4-12,15H,3,13-14H2,1-2H3. The zero-order valence-corrected chi connectivity index (χ0v) is 13.6. The number of hydrogen-bond acceptors (Lipinski definition) is 1. The van der Waals surface area contributed by atoms with Crippen molar-refractivity contribution in [2.45, 2.75) is 33.1 Å². The Morgan fingerprint density at radius 2 is 1.67 bits per heavy atom. The van der Waals surface area contributed by atoms with Crippen LogP contribution in [-0.2, 0) is 12.8 Å². The van der Waals surface area contributed by atoms with E-state index < -0.39 is 0 Å². The second-order valence-electron chi connectivity index (χ2n) is 5.90. The lowest BCUT2D eigenvalue weighted by Gasteiger charge is -2.06. The van der Waals surface area contributed by atoms with E-state index in [0.29, 0.717) is 0 Å². The van der Waals surface area contributed by atoms with Crippen LogP contribution in [0, 0.1) is 5.92 Å². The highest BCUT2D eigenvalue weighted by atomic mass is 32.1. The molecule has 0 N–H and O–H groups in total. The van der Waals surface area contributed by atoms with Crippen LogP contribution in [0.2, 0.25) is 0 Å². The third kappa shape index (κ3) is 3.36. The van der Waals surface area contributed by atoms with Gasteiger partial charge in [0.05, 0.1) is 0 Å². The van der Waals surface area contributed by atoms with Crippen molar-refractivity contribution in [2.75, 3.05) is 0 Å². The highest BCUT2D eigenvalue weighted by molar-refractivity contribution is 7.12. The van der Waals surface area contributed by atoms with Gasteiger partial charge in [-0.15, -0.1) is 11.3 Å². The molecule has 0 spiro atoms. The summed E-state index contributed by atoms with van der Waals surface area (Å²) in [5.74, 6) is 0.786. The fourth-order valence-corrected chi connectivity index (χ4v) is 3.95. The lowest BCUT2D eigenvalue weighted by molar-refractivity contribution is 0.565. The number of thiophene rings is 1. The highest BCUT2D eigenvalue weighted by Crippen LogP contribution is 2.26. The molecule has 1 heteroatoms. The van der Waals surface area contributed by atoms with Gasteiger partial charge in [0.15, 0.2) is 0 Å². The minimum absolute atomic E-state index is 0.786. The van der Waals surface area contributed by atoms with Crippen molar-refractivity contribution in [3.05, 3.63) is 69.9 Å². The molecule has 1 heterocycles. The SMILES string of the molecule is CCC(C)Cc1ccc(Cc2cccc3ccccc23)s1. The minimum atomic E-state index is 0.786. The molecule has 0 saturated carbocycles. The van der Waals surface area contributed by atoms with Gasteiger partial charge in [-0.2, -0.15) is 0 Å². The van der Waals surface area contributed by atoms with Gasteiger partial charge in [-0.05, 0) is 40.8 Å². The maximum atomic E-state index is 2.34. The molecule has 0 saturated heterocycles. The maximum Gasteiger partial charge on any atom is 0.00922 e. The molecule has 0 aliphatic carbocycles. The molecule has 0 fully saturated rings. The highest BCUT2D eigenvalue weighted by Gasteiger charge is 2.07. The molecule has 0 amide bonds. The maximum absolute atomic E-state index is 2.34. The van der Waals surface area contributed by atoms with Gasteiger partial charge in [0.25, 0.3) is 0 Å². The van der Waals surface area contributed by atoms with E-state index in [2.05, 4.69) is 68.4 Å². The summed E-state index contributed by atoms with van der Waals surface area (Å²) in [6.07, 6.45) is 3.53. The summed E-state index contributed by atoms with van der Waals surface area (Å²) < 4.78 is 0. The first-order chi connectivity index (χ1) is 10.3. The molecular weight excluding hydrogens is 272 g/mol. The Hall–Kier alpha value is -1.60. The van der Waals surface area contributed by atoms with Crippen molar-refractivity contribution in [2.24, 2.45) is 5.92 Å². The van der Waals surface area contributed by atoms with Crippen LogP contribution in [0.4, 0.5) is 0 Å². The number of fused-ring (bicyclic) bond motifs is 1. The molecule has 0 radical (unpaired) electrons. The largest absolute Gasteiger partial charge is 0.145 e. The van der Waals surface area contributed by atoms with Gasteiger partial charge < -0.3 is 0 Å². The summed E-state index contributed by atoms with van der Waals surface area (Å²) in [6.45, 7) is 4.61. The predicted octanol–water partition coefficient (Wildman–Crippen LogP) is 6.08. The summed E-state index contributed by atoms with van der Waals surface area (Å²) in [6, 6.07) is 19.9. The van der Waals surface area contributed by atoms with Gasteiger partial charge >= 0.3 is 0 Å². The van der Waals surface area contributed by atoms with Crippen LogP contribution in [0.15, 0.2) is 54.6 Å². The third-order valence-electron chi connectivity index (χ3n) is 4.21. The molecule has 21 heavy (non-hydrogen) atoms. The van der Waals surface area contributed by atoms with Crippen LogP contribution in [0.25, 0.3) is 10.8 Å². The van der Waals surface area contributed by atoms with Crippen LogP contribution in [0.1, 0.15) is 35.6 Å². The summed E-state index contributed by atoms with van der Waals surface area (Å²) in [4.78, 5) is 3.00. The van der Waals surface area contributed by atoms with Crippen LogP contribution in [-0.4, -0.2) is 0 Å². The molecule has 2 aromatic carbocycles. The number of rotatable bonds is 5. The van der Waals surface area contributed by atoms with Gasteiger partial charge in [-0.25, -0.2) is 0 Å². The van der Waals surface area contributed by atoms with E-state index >= 15 is 0 Å². The summed E-state index contributed by atoms with van der Waals surface area (Å²) in [7, 11) is 0. The molecule has 1 aromatic heterocycles. The monoisotopic (exact) mass is 294 g/mol. The second-order valence-corrected chi connectivity index (χ2v) is 7.15. The molecule has 108 valence electrons. The van der Waals surface area contributed by atoms with E-state index in [9.17, 15) is 0 Å². The Labute approximate surface area is 131 Å². The van der Waals surface area contributed by atoms with Crippen molar-refractivity contribution >= 4 is 22.1 Å². The zero-order chi connectivity index (χ0) is 14.7. The first-order valence-corrected chi connectivity index (χ1v) is 8.62.